The largest absolute Gasteiger partial charge is 0.485 e. The molecular weight excluding hydrogens is 308 g/mol. The van der Waals surface area contributed by atoms with E-state index in [-0.39, 0.29) is 18.3 Å². The van der Waals surface area contributed by atoms with Gasteiger partial charge in [0.05, 0.1) is 6.21 Å². The van der Waals surface area contributed by atoms with Crippen molar-refractivity contribution >= 4 is 17.9 Å². The maximum Gasteiger partial charge on any atom is 0.263 e. The van der Waals surface area contributed by atoms with E-state index in [4.69, 9.17) is 10.5 Å². The predicted octanol–water partition coefficient (Wildman–Crippen LogP) is 1.40. The van der Waals surface area contributed by atoms with E-state index in [0.29, 0.717) is 11.3 Å². The molecule has 0 fully saturated rings. The van der Waals surface area contributed by atoms with Crippen LogP contribution in [0.25, 0.3) is 0 Å². The van der Waals surface area contributed by atoms with Crippen molar-refractivity contribution in [1.29, 1.82) is 0 Å². The third-order valence-corrected chi connectivity index (χ3v) is 3.14. The van der Waals surface area contributed by atoms with E-state index < -0.39 is 0 Å². The van der Waals surface area contributed by atoms with Gasteiger partial charge < -0.3 is 10.5 Å². The summed E-state index contributed by atoms with van der Waals surface area (Å²) in [6.45, 7) is -0.0153. The fourth-order valence-corrected chi connectivity index (χ4v) is 1.90. The first-order valence-corrected chi connectivity index (χ1v) is 7.12. The number of Topliss-reactive ketones (excluding diaryl/α,β-unsaturated/α-hetero) is 1. The summed E-state index contributed by atoms with van der Waals surface area (Å²) in [7, 11) is 0. The van der Waals surface area contributed by atoms with Crippen LogP contribution >= 0.6 is 0 Å². The molecule has 0 aliphatic carbocycles. The van der Waals surface area contributed by atoms with E-state index >= 15 is 0 Å². The molecule has 0 aliphatic heterocycles. The summed E-state index contributed by atoms with van der Waals surface area (Å²) in [5.74, 6) is 0.624. The number of benzene rings is 2. The SMILES string of the molecule is Nc1nnnn1N=Cc1ccc(OCC(=O)c2ccccc2)cc1. The number of anilines is 1. The number of ketones is 1. The van der Waals surface area contributed by atoms with E-state index in [1.807, 2.05) is 18.2 Å². The molecule has 0 radical (unpaired) electrons. The van der Waals surface area contributed by atoms with Crippen LogP contribution in [0, 0.1) is 0 Å². The van der Waals surface area contributed by atoms with Crippen molar-refractivity contribution in [1.82, 2.24) is 20.3 Å². The quantitative estimate of drug-likeness (QED) is 0.543. The number of ether oxygens (including phenoxy) is 1. The summed E-state index contributed by atoms with van der Waals surface area (Å²) in [5, 5.41) is 14.5. The lowest BCUT2D eigenvalue weighted by atomic mass is 10.1. The molecule has 0 unspecified atom stereocenters. The zero-order valence-electron chi connectivity index (χ0n) is 12.6. The third-order valence-electron chi connectivity index (χ3n) is 3.14. The predicted molar refractivity (Wildman–Crippen MR) is 87.9 cm³/mol. The highest BCUT2D eigenvalue weighted by Crippen LogP contribution is 2.12. The molecule has 0 aliphatic rings. The van der Waals surface area contributed by atoms with Crippen LogP contribution in [-0.2, 0) is 0 Å². The number of nitrogens with two attached hydrogens (primary N) is 1. The molecule has 0 bridgehead atoms. The van der Waals surface area contributed by atoms with Gasteiger partial charge in [0.2, 0.25) is 0 Å². The Morgan fingerprint density at radius 2 is 1.92 bits per heavy atom. The second-order valence-electron chi connectivity index (χ2n) is 4.82. The second-order valence-corrected chi connectivity index (χ2v) is 4.82. The highest BCUT2D eigenvalue weighted by atomic mass is 16.5. The van der Waals surface area contributed by atoms with E-state index in [0.717, 1.165) is 10.4 Å². The monoisotopic (exact) mass is 322 g/mol. The van der Waals surface area contributed by atoms with Gasteiger partial charge in [-0.05, 0) is 40.3 Å². The zero-order valence-corrected chi connectivity index (χ0v) is 12.6. The molecule has 1 heterocycles. The Kier molecular flexibility index (Phi) is 4.57. The average molecular weight is 322 g/mol. The molecule has 2 N–H and O–H groups in total. The molecule has 0 saturated carbocycles. The minimum absolute atomic E-state index is 0.0153. The van der Waals surface area contributed by atoms with Crippen molar-refractivity contribution in [3.8, 4) is 5.75 Å². The number of nitrogen functional groups attached to an aromatic ring is 1. The minimum Gasteiger partial charge on any atom is -0.485 e. The summed E-state index contributed by atoms with van der Waals surface area (Å²) < 4.78 is 5.50. The lowest BCUT2D eigenvalue weighted by Gasteiger charge is -2.05. The van der Waals surface area contributed by atoms with E-state index in [2.05, 4.69) is 20.6 Å². The molecule has 1 aromatic heterocycles. The average Bonchev–Trinajstić information content (AvgIpc) is 3.04. The van der Waals surface area contributed by atoms with Crippen LogP contribution in [-0.4, -0.2) is 38.9 Å². The number of aromatic nitrogens is 4. The van der Waals surface area contributed by atoms with Crippen LogP contribution in [0.3, 0.4) is 0 Å². The topological polar surface area (TPSA) is 108 Å². The Balaban J connectivity index is 1.58. The maximum absolute atomic E-state index is 12.0. The van der Waals surface area contributed by atoms with Crippen molar-refractivity contribution in [2.75, 3.05) is 12.3 Å². The van der Waals surface area contributed by atoms with Gasteiger partial charge in [0.1, 0.15) is 5.75 Å². The zero-order chi connectivity index (χ0) is 16.8. The van der Waals surface area contributed by atoms with Crippen molar-refractivity contribution in [2.45, 2.75) is 0 Å². The highest BCUT2D eigenvalue weighted by Gasteiger charge is 2.05. The van der Waals surface area contributed by atoms with Crippen molar-refractivity contribution < 1.29 is 9.53 Å². The Morgan fingerprint density at radius 3 is 2.58 bits per heavy atom. The summed E-state index contributed by atoms with van der Waals surface area (Å²) in [4.78, 5) is 13.1. The number of hydrogen-bond donors (Lipinski definition) is 1. The maximum atomic E-state index is 12.0. The van der Waals surface area contributed by atoms with Gasteiger partial charge in [0, 0.05) is 5.56 Å². The Hall–Kier alpha value is -3.55. The summed E-state index contributed by atoms with van der Waals surface area (Å²) in [5.41, 5.74) is 6.94. The van der Waals surface area contributed by atoms with E-state index in [1.165, 1.54) is 0 Å². The van der Waals surface area contributed by atoms with Gasteiger partial charge in [0.25, 0.3) is 5.95 Å². The van der Waals surface area contributed by atoms with Gasteiger partial charge in [-0.1, -0.05) is 40.2 Å². The molecule has 0 saturated heterocycles. The molecule has 8 nitrogen and oxygen atoms in total. The fraction of sp³-hybridized carbons (Fsp3) is 0.0625. The van der Waals surface area contributed by atoms with Crippen LogP contribution in [0.2, 0.25) is 0 Å². The number of rotatable bonds is 6. The number of carbonyl (C=O) groups excluding carboxylic acids is 1. The summed E-state index contributed by atoms with van der Waals surface area (Å²) in [6.07, 6.45) is 1.56. The molecule has 3 rings (SSSR count). The molecule has 2 aromatic carbocycles. The summed E-state index contributed by atoms with van der Waals surface area (Å²) >= 11 is 0. The van der Waals surface area contributed by atoms with Crippen molar-refractivity contribution in [3.63, 3.8) is 0 Å². The van der Waals surface area contributed by atoms with Crippen molar-refractivity contribution in [2.24, 2.45) is 5.10 Å². The molecule has 24 heavy (non-hydrogen) atoms. The van der Waals surface area contributed by atoms with Gasteiger partial charge in [0.15, 0.2) is 12.4 Å². The first-order valence-electron chi connectivity index (χ1n) is 7.12. The smallest absolute Gasteiger partial charge is 0.263 e. The standard InChI is InChI=1S/C16H14N6O2/c17-16-19-20-21-22(16)18-10-12-6-8-14(9-7-12)24-11-15(23)13-4-2-1-3-5-13/h1-10H,11H2,(H2,17,19,21). The van der Waals surface area contributed by atoms with E-state index in [9.17, 15) is 4.79 Å². The fourth-order valence-electron chi connectivity index (χ4n) is 1.90. The molecule has 8 heteroatoms. The molecule has 0 atom stereocenters. The Morgan fingerprint density at radius 1 is 1.17 bits per heavy atom. The Bertz CT molecular complexity index is 843. The lowest BCUT2D eigenvalue weighted by Crippen LogP contribution is -2.11. The van der Waals surface area contributed by atoms with Gasteiger partial charge in [-0.2, -0.15) is 5.10 Å². The number of hydrogen-bond acceptors (Lipinski definition) is 7. The van der Waals surface area contributed by atoms with Crippen LogP contribution < -0.4 is 10.5 Å². The molecule has 0 spiro atoms. The van der Waals surface area contributed by atoms with Crippen LogP contribution in [0.4, 0.5) is 5.95 Å². The third kappa shape index (κ3) is 3.80. The van der Waals surface area contributed by atoms with E-state index in [1.54, 1.807) is 42.6 Å². The van der Waals surface area contributed by atoms with Gasteiger partial charge in [-0.3, -0.25) is 4.79 Å². The molecule has 0 amide bonds. The number of nitrogens with zero attached hydrogens (tertiary/aromatic N) is 5. The number of carbonyl (C=O) groups is 1. The van der Waals surface area contributed by atoms with Crippen LogP contribution in [0.5, 0.6) is 5.75 Å². The minimum atomic E-state index is -0.0737. The Labute approximate surface area is 137 Å². The number of tetrazole rings is 1. The van der Waals surface area contributed by atoms with Crippen LogP contribution in [0.1, 0.15) is 15.9 Å². The first-order chi connectivity index (χ1) is 11.7. The lowest BCUT2D eigenvalue weighted by molar-refractivity contribution is 0.0921. The van der Waals surface area contributed by atoms with Gasteiger partial charge in [-0.15, -0.1) is 0 Å². The normalized spacial score (nSPS) is 10.8. The molecule has 120 valence electrons. The second kappa shape index (κ2) is 7.14. The first kappa shape index (κ1) is 15.3. The van der Waals surface area contributed by atoms with Crippen molar-refractivity contribution in [3.05, 3.63) is 65.7 Å². The highest BCUT2D eigenvalue weighted by molar-refractivity contribution is 5.97. The molecular formula is C16H14N6O2. The summed E-state index contributed by atoms with van der Waals surface area (Å²) in [6, 6.07) is 16.1. The molecule has 3 aromatic rings. The van der Waals surface area contributed by atoms with Gasteiger partial charge >= 0.3 is 0 Å². The van der Waals surface area contributed by atoms with Crippen LogP contribution in [0.15, 0.2) is 59.7 Å². The van der Waals surface area contributed by atoms with Gasteiger partial charge in [-0.25, -0.2) is 0 Å².